The minimum atomic E-state index is -5.00. The molecule has 1 radical (unpaired) electrons. The highest BCUT2D eigenvalue weighted by Gasteiger charge is 2.53. The summed E-state index contributed by atoms with van der Waals surface area (Å²) in [4.78, 5) is 7.21. The van der Waals surface area contributed by atoms with Crippen molar-refractivity contribution in [2.75, 3.05) is 5.73 Å². The first-order valence-electron chi connectivity index (χ1n) is 8.20. The van der Waals surface area contributed by atoms with Crippen molar-refractivity contribution in [1.82, 2.24) is 14.4 Å². The number of aromatic nitrogens is 3. The molecule has 0 fully saturated rings. The van der Waals surface area contributed by atoms with Crippen LogP contribution >= 0.6 is 0 Å². The van der Waals surface area contributed by atoms with E-state index in [0.717, 1.165) is 16.5 Å². The van der Waals surface area contributed by atoms with Gasteiger partial charge in [0.05, 0.1) is 11.9 Å². The summed E-state index contributed by atoms with van der Waals surface area (Å²) >= 11 is 0. The van der Waals surface area contributed by atoms with E-state index < -0.39 is 41.4 Å². The first-order valence-corrected chi connectivity index (χ1v) is 8.20. The highest BCUT2D eigenvalue weighted by Crippen LogP contribution is 2.43. The van der Waals surface area contributed by atoms with E-state index in [1.54, 1.807) is 6.92 Å². The summed E-state index contributed by atoms with van der Waals surface area (Å²) in [5.74, 6) is -0.482. The van der Waals surface area contributed by atoms with Gasteiger partial charge in [-0.15, -0.1) is 0 Å². The molecule has 0 saturated carbocycles. The van der Waals surface area contributed by atoms with E-state index >= 15 is 0 Å². The molecule has 0 aliphatic heterocycles. The Morgan fingerprint density at radius 2 is 1.83 bits per heavy atom. The highest BCUT2D eigenvalue weighted by molar-refractivity contribution is 5.72. The molecule has 3 rings (SSSR count). The molecule has 2 heterocycles. The van der Waals surface area contributed by atoms with Crippen LogP contribution in [0.4, 0.5) is 32.2 Å². The number of halogens is 6. The summed E-state index contributed by atoms with van der Waals surface area (Å²) in [6, 6.07) is 3.48. The minimum Gasteiger partial charge on any atom is -0.381 e. The number of alkyl halides is 6. The van der Waals surface area contributed by atoms with Gasteiger partial charge in [0, 0.05) is 11.8 Å². The molecule has 3 N–H and O–H groups in total. The molecule has 0 saturated heterocycles. The predicted molar refractivity (Wildman–Crippen MR) is 92.5 cm³/mol. The van der Waals surface area contributed by atoms with Crippen molar-refractivity contribution in [2.45, 2.75) is 31.3 Å². The third-order valence-corrected chi connectivity index (χ3v) is 4.63. The third-order valence-electron chi connectivity index (χ3n) is 4.63. The number of aryl methyl sites for hydroxylation is 1. The molecular weight excluding hydrogens is 402 g/mol. The molecule has 155 valence electrons. The van der Waals surface area contributed by atoms with Crippen molar-refractivity contribution in [3.63, 3.8) is 0 Å². The van der Waals surface area contributed by atoms with Gasteiger partial charge in [0.15, 0.2) is 22.8 Å². The summed E-state index contributed by atoms with van der Waals surface area (Å²) < 4.78 is 80.5. The number of nitrogens with two attached hydrogens (primary N) is 1. The summed E-state index contributed by atoms with van der Waals surface area (Å²) in [7, 11) is 0. The van der Waals surface area contributed by atoms with Crippen LogP contribution in [-0.4, -0.2) is 25.7 Å². The number of nitrogen functional groups attached to an aromatic ring is 1. The fourth-order valence-corrected chi connectivity index (χ4v) is 2.95. The summed E-state index contributed by atoms with van der Waals surface area (Å²) in [6.07, 6.45) is -8.83. The molecular formula is C18H15F6N4O. The molecule has 1 atom stereocenters. The number of fused-ring (bicyclic) bond motifs is 1. The van der Waals surface area contributed by atoms with Crippen molar-refractivity contribution in [2.24, 2.45) is 0 Å². The Balaban J connectivity index is 2.27. The molecule has 29 heavy (non-hydrogen) atoms. The number of anilines is 1. The highest BCUT2D eigenvalue weighted by atomic mass is 19.4. The van der Waals surface area contributed by atoms with Crippen molar-refractivity contribution in [1.29, 1.82) is 0 Å². The van der Waals surface area contributed by atoms with Crippen LogP contribution in [-0.2, 0) is 11.8 Å². The zero-order valence-corrected chi connectivity index (χ0v) is 14.9. The quantitative estimate of drug-likeness (QED) is 0.624. The fourth-order valence-electron chi connectivity index (χ4n) is 2.95. The Bertz CT molecular complexity index is 1070. The van der Waals surface area contributed by atoms with Gasteiger partial charge in [0.1, 0.15) is 0 Å². The van der Waals surface area contributed by atoms with E-state index in [2.05, 4.69) is 16.9 Å². The number of benzene rings is 1. The van der Waals surface area contributed by atoms with Crippen molar-refractivity contribution in [3.8, 4) is 11.3 Å². The van der Waals surface area contributed by atoms with E-state index in [1.807, 2.05) is 0 Å². The molecule has 1 unspecified atom stereocenters. The van der Waals surface area contributed by atoms with E-state index in [-0.39, 0.29) is 16.9 Å². The van der Waals surface area contributed by atoms with Crippen molar-refractivity contribution in [3.05, 3.63) is 54.3 Å². The zero-order valence-electron chi connectivity index (χ0n) is 14.9. The van der Waals surface area contributed by atoms with Gasteiger partial charge in [0.25, 0.3) is 0 Å². The molecule has 11 heteroatoms. The lowest BCUT2D eigenvalue weighted by Gasteiger charge is -2.30. The number of rotatable bonds is 3. The normalized spacial score (nSPS) is 14.9. The summed E-state index contributed by atoms with van der Waals surface area (Å²) in [6.45, 7) is 4.74. The second-order valence-corrected chi connectivity index (χ2v) is 6.48. The molecule has 0 aliphatic rings. The summed E-state index contributed by atoms with van der Waals surface area (Å²) in [5, 5.41) is 10.2. The van der Waals surface area contributed by atoms with Crippen LogP contribution in [0.3, 0.4) is 0 Å². The van der Waals surface area contributed by atoms with Gasteiger partial charge < -0.3 is 10.8 Å². The molecule has 1 aromatic carbocycles. The maximum atomic E-state index is 13.4. The fraction of sp³-hybridized carbons (Fsp3) is 0.278. The van der Waals surface area contributed by atoms with Crippen molar-refractivity contribution >= 4 is 11.5 Å². The molecule has 0 aliphatic carbocycles. The molecule has 0 spiro atoms. The monoisotopic (exact) mass is 417 g/mol. The average molecular weight is 417 g/mol. The standard InChI is InChI=1S/C18H15F6N4O/c1-3-16(29,18(22,23)24)10-5-4-9(2)11(6-10)12-7-26-15-14(25)27-13(8-28(12)15)17(19,20)21/h4-8,29H,1,3H2,2H3,(H2,25,27). The second kappa shape index (κ2) is 6.61. The van der Waals surface area contributed by atoms with Gasteiger partial charge >= 0.3 is 12.4 Å². The molecule has 0 amide bonds. The Hall–Kier alpha value is -2.82. The Kier molecular flexibility index (Phi) is 4.77. The van der Waals surface area contributed by atoms with Gasteiger partial charge in [-0.2, -0.15) is 26.3 Å². The van der Waals surface area contributed by atoms with E-state index in [0.29, 0.717) is 11.8 Å². The Morgan fingerprint density at radius 1 is 1.17 bits per heavy atom. The van der Waals surface area contributed by atoms with Crippen LogP contribution in [0, 0.1) is 13.8 Å². The van der Waals surface area contributed by atoms with Gasteiger partial charge in [-0.3, -0.25) is 4.40 Å². The van der Waals surface area contributed by atoms with Gasteiger partial charge in [0.2, 0.25) is 0 Å². The van der Waals surface area contributed by atoms with Gasteiger partial charge in [-0.05, 0) is 37.5 Å². The number of aliphatic hydroxyl groups is 1. The molecule has 2 aromatic heterocycles. The number of imidazole rings is 1. The SMILES string of the molecule is [CH2]CC(O)(c1ccc(C)c(-c2cnc3c(N)nc(C(F)(F)F)cn23)c1)C(F)(F)F. The molecule has 5 nitrogen and oxygen atoms in total. The zero-order chi connectivity index (χ0) is 21.8. The Morgan fingerprint density at radius 3 is 2.38 bits per heavy atom. The van der Waals surface area contributed by atoms with E-state index in [4.69, 9.17) is 5.73 Å². The van der Waals surface area contributed by atoms with Crippen LogP contribution in [0.5, 0.6) is 0 Å². The van der Waals surface area contributed by atoms with Gasteiger partial charge in [-0.1, -0.05) is 12.1 Å². The minimum absolute atomic E-state index is 0.0625. The lowest BCUT2D eigenvalue weighted by molar-refractivity contribution is -0.265. The smallest absolute Gasteiger partial charge is 0.381 e. The third kappa shape index (κ3) is 3.39. The van der Waals surface area contributed by atoms with Crippen molar-refractivity contribution < 1.29 is 31.4 Å². The Labute approximate surface area is 160 Å². The van der Waals surface area contributed by atoms with Crippen LogP contribution < -0.4 is 5.73 Å². The first kappa shape index (κ1) is 20.9. The lowest BCUT2D eigenvalue weighted by Crippen LogP contribution is -2.41. The largest absolute Gasteiger partial charge is 0.434 e. The van der Waals surface area contributed by atoms with Crippen LogP contribution in [0.15, 0.2) is 30.6 Å². The number of hydrogen-bond donors (Lipinski definition) is 2. The lowest BCUT2D eigenvalue weighted by atomic mass is 9.87. The average Bonchev–Trinajstić information content (AvgIpc) is 3.04. The number of nitrogens with zero attached hydrogens (tertiary/aromatic N) is 3. The van der Waals surface area contributed by atoms with Crippen LogP contribution in [0.25, 0.3) is 16.9 Å². The van der Waals surface area contributed by atoms with E-state index in [9.17, 15) is 31.4 Å². The molecule has 3 aromatic rings. The maximum absolute atomic E-state index is 13.4. The topological polar surface area (TPSA) is 76.4 Å². The van der Waals surface area contributed by atoms with Crippen LogP contribution in [0.2, 0.25) is 0 Å². The first-order chi connectivity index (χ1) is 13.3. The van der Waals surface area contributed by atoms with Gasteiger partial charge in [-0.25, -0.2) is 9.97 Å². The maximum Gasteiger partial charge on any atom is 0.434 e. The van der Waals surface area contributed by atoms with E-state index in [1.165, 1.54) is 12.3 Å². The molecule has 0 bridgehead atoms. The second-order valence-electron chi connectivity index (χ2n) is 6.48. The predicted octanol–water partition coefficient (Wildman–Crippen LogP) is 4.28. The number of hydrogen-bond acceptors (Lipinski definition) is 4. The summed E-state index contributed by atoms with van der Waals surface area (Å²) in [5.41, 5.74) is 1.16. The van der Waals surface area contributed by atoms with Crippen LogP contribution in [0.1, 0.15) is 23.2 Å².